The molecule has 6 nitrogen and oxygen atoms in total. The quantitative estimate of drug-likeness (QED) is 0.177. The summed E-state index contributed by atoms with van der Waals surface area (Å²) in [7, 11) is 0. The molecule has 0 bridgehead atoms. The minimum absolute atomic E-state index is 0.517. The topological polar surface area (TPSA) is 61.7 Å². The van der Waals surface area contributed by atoms with Gasteiger partial charge >= 0.3 is 0 Å². The van der Waals surface area contributed by atoms with Crippen molar-refractivity contribution in [1.29, 1.82) is 0 Å². The summed E-state index contributed by atoms with van der Waals surface area (Å²) < 4.78 is 11.2. The Hall–Kier alpha value is -7.83. The Morgan fingerprint density at radius 3 is 1.60 bits per heavy atom. The summed E-state index contributed by atoms with van der Waals surface area (Å²) in [5.74, 6) is 1.68. The molecule has 57 heavy (non-hydrogen) atoms. The SMILES string of the molecule is c1ccc(-c2ccc(-c3nc(-c4cccc(-n5c6ccccc6c6ccccc65)c4)nc(-n4c5ccccc5c5ccc6c7ccccc7oc6c54)n3)cc2)cc1. The van der Waals surface area contributed by atoms with Crippen LogP contribution in [-0.2, 0) is 0 Å². The maximum absolute atomic E-state index is 6.67. The van der Waals surface area contributed by atoms with Crippen molar-refractivity contribution in [2.45, 2.75) is 0 Å². The van der Waals surface area contributed by atoms with E-state index < -0.39 is 0 Å². The molecule has 4 aromatic heterocycles. The van der Waals surface area contributed by atoms with Crippen LogP contribution >= 0.6 is 0 Å². The predicted octanol–water partition coefficient (Wildman–Crippen LogP) is 13.0. The predicted molar refractivity (Wildman–Crippen MR) is 232 cm³/mol. The van der Waals surface area contributed by atoms with Crippen LogP contribution in [0.2, 0.25) is 0 Å². The van der Waals surface area contributed by atoms with E-state index in [1.54, 1.807) is 0 Å². The summed E-state index contributed by atoms with van der Waals surface area (Å²) in [6.45, 7) is 0. The molecule has 12 rings (SSSR count). The molecular weight excluding hydrogens is 699 g/mol. The van der Waals surface area contributed by atoms with Gasteiger partial charge in [0.05, 0.1) is 16.6 Å². The van der Waals surface area contributed by atoms with E-state index in [1.807, 2.05) is 18.2 Å². The van der Waals surface area contributed by atoms with E-state index in [4.69, 9.17) is 19.4 Å². The van der Waals surface area contributed by atoms with E-state index in [9.17, 15) is 0 Å². The molecule has 0 aliphatic carbocycles. The highest BCUT2D eigenvalue weighted by atomic mass is 16.3. The summed E-state index contributed by atoms with van der Waals surface area (Å²) in [6.07, 6.45) is 0. The molecule has 0 N–H and O–H groups in total. The standard InChI is InChI=1S/C51H31N5O/c1-2-13-32(14-3-1)33-25-27-34(28-26-33)49-52-50(35-15-12-16-36(31-35)55-43-21-8-4-17-37(43)38-18-5-9-22-44(38)55)54-51(53-49)56-45-23-10-6-19-39(45)41-29-30-42-40-20-7-11-24-46(40)57-48(42)47(41)56/h1-31H. The monoisotopic (exact) mass is 729 g/mol. The fraction of sp³-hybridized carbons (Fsp3) is 0. The highest BCUT2D eigenvalue weighted by Crippen LogP contribution is 2.40. The van der Waals surface area contributed by atoms with Gasteiger partial charge in [-0.15, -0.1) is 0 Å². The maximum Gasteiger partial charge on any atom is 0.238 e. The van der Waals surface area contributed by atoms with Crippen molar-refractivity contribution >= 4 is 65.6 Å². The van der Waals surface area contributed by atoms with Crippen LogP contribution in [0.3, 0.4) is 0 Å². The van der Waals surface area contributed by atoms with Gasteiger partial charge in [0.2, 0.25) is 5.95 Å². The van der Waals surface area contributed by atoms with Crippen LogP contribution in [0.1, 0.15) is 0 Å². The van der Waals surface area contributed by atoms with Crippen LogP contribution in [0.5, 0.6) is 0 Å². The Balaban J connectivity index is 1.12. The lowest BCUT2D eigenvalue weighted by atomic mass is 10.0. The smallest absolute Gasteiger partial charge is 0.238 e. The number of furan rings is 1. The number of hydrogen-bond donors (Lipinski definition) is 0. The van der Waals surface area contributed by atoms with Crippen LogP contribution < -0.4 is 0 Å². The van der Waals surface area contributed by atoms with Crippen molar-refractivity contribution in [2.75, 3.05) is 0 Å². The zero-order valence-electron chi connectivity index (χ0n) is 30.5. The minimum atomic E-state index is 0.517. The Labute approximate surface area is 326 Å². The lowest BCUT2D eigenvalue weighted by Crippen LogP contribution is -2.06. The van der Waals surface area contributed by atoms with Crippen LogP contribution in [-0.4, -0.2) is 24.1 Å². The molecule has 6 heteroatoms. The second kappa shape index (κ2) is 12.3. The number of fused-ring (bicyclic) bond motifs is 10. The van der Waals surface area contributed by atoms with E-state index in [0.29, 0.717) is 17.6 Å². The first kappa shape index (κ1) is 31.5. The molecule has 0 saturated carbocycles. The van der Waals surface area contributed by atoms with Gasteiger partial charge in [-0.2, -0.15) is 9.97 Å². The Morgan fingerprint density at radius 2 is 0.877 bits per heavy atom. The van der Waals surface area contributed by atoms with Gasteiger partial charge in [-0.3, -0.25) is 4.57 Å². The molecule has 0 unspecified atom stereocenters. The van der Waals surface area contributed by atoms with Crippen LogP contribution in [0.25, 0.3) is 111 Å². The van der Waals surface area contributed by atoms with Crippen molar-refractivity contribution in [3.05, 3.63) is 188 Å². The second-order valence-electron chi connectivity index (χ2n) is 14.4. The molecule has 12 aromatic rings. The molecule has 0 saturated heterocycles. The number of para-hydroxylation sites is 4. The highest BCUT2D eigenvalue weighted by molar-refractivity contribution is 6.21. The van der Waals surface area contributed by atoms with E-state index in [2.05, 4.69) is 179 Å². The first-order valence-electron chi connectivity index (χ1n) is 19.1. The van der Waals surface area contributed by atoms with Gasteiger partial charge in [0.25, 0.3) is 0 Å². The van der Waals surface area contributed by atoms with Crippen molar-refractivity contribution in [3.63, 3.8) is 0 Å². The summed E-state index contributed by atoms with van der Waals surface area (Å²) in [5, 5.41) is 6.71. The maximum atomic E-state index is 6.67. The average molecular weight is 730 g/mol. The molecule has 8 aromatic carbocycles. The largest absolute Gasteiger partial charge is 0.454 e. The number of hydrogen-bond acceptors (Lipinski definition) is 4. The van der Waals surface area contributed by atoms with E-state index in [0.717, 1.165) is 82.7 Å². The van der Waals surface area contributed by atoms with Gasteiger partial charge in [0.1, 0.15) is 11.1 Å². The van der Waals surface area contributed by atoms with Gasteiger partial charge in [-0.25, -0.2) is 4.98 Å². The molecule has 0 radical (unpaired) electrons. The van der Waals surface area contributed by atoms with Crippen LogP contribution in [0, 0.1) is 0 Å². The molecule has 4 heterocycles. The number of rotatable bonds is 5. The minimum Gasteiger partial charge on any atom is -0.454 e. The lowest BCUT2D eigenvalue weighted by molar-refractivity contribution is 0.670. The van der Waals surface area contributed by atoms with Gasteiger partial charge in [0.15, 0.2) is 17.2 Å². The molecule has 0 spiro atoms. The van der Waals surface area contributed by atoms with Crippen LogP contribution in [0.15, 0.2) is 192 Å². The normalized spacial score (nSPS) is 11.9. The molecule has 0 aliphatic heterocycles. The summed E-state index contributed by atoms with van der Waals surface area (Å²) in [4.78, 5) is 15.8. The molecular formula is C51H31N5O. The van der Waals surface area contributed by atoms with Gasteiger partial charge in [-0.05, 0) is 53.6 Å². The first-order chi connectivity index (χ1) is 28.3. The first-order valence-corrected chi connectivity index (χ1v) is 19.1. The third-order valence-corrected chi connectivity index (χ3v) is 11.2. The van der Waals surface area contributed by atoms with Crippen molar-refractivity contribution in [3.8, 4) is 45.5 Å². The van der Waals surface area contributed by atoms with Gasteiger partial charge in [-0.1, -0.05) is 146 Å². The number of nitrogens with zero attached hydrogens (tertiary/aromatic N) is 5. The Kier molecular flexibility index (Phi) is 6.83. The van der Waals surface area contributed by atoms with E-state index in [1.165, 1.54) is 10.8 Å². The number of benzene rings is 8. The second-order valence-corrected chi connectivity index (χ2v) is 14.4. The highest BCUT2D eigenvalue weighted by Gasteiger charge is 2.22. The molecule has 266 valence electrons. The fourth-order valence-electron chi connectivity index (χ4n) is 8.59. The van der Waals surface area contributed by atoms with Crippen molar-refractivity contribution in [2.24, 2.45) is 0 Å². The fourth-order valence-corrected chi connectivity index (χ4v) is 8.59. The number of aromatic nitrogens is 5. The zero-order chi connectivity index (χ0) is 37.5. The molecule has 0 fully saturated rings. The average Bonchev–Trinajstić information content (AvgIpc) is 3.95. The van der Waals surface area contributed by atoms with Gasteiger partial charge < -0.3 is 8.98 Å². The molecule has 0 aliphatic rings. The van der Waals surface area contributed by atoms with Crippen LogP contribution in [0.4, 0.5) is 0 Å². The summed E-state index contributed by atoms with van der Waals surface area (Å²) in [5.41, 5.74) is 10.9. The lowest BCUT2D eigenvalue weighted by Gasteiger charge is -2.13. The third kappa shape index (κ3) is 4.87. The van der Waals surface area contributed by atoms with Crippen molar-refractivity contribution < 1.29 is 4.42 Å². The Bertz CT molecular complexity index is 3470. The molecule has 0 atom stereocenters. The van der Waals surface area contributed by atoms with Crippen molar-refractivity contribution in [1.82, 2.24) is 24.1 Å². The summed E-state index contributed by atoms with van der Waals surface area (Å²) in [6, 6.07) is 65.5. The third-order valence-electron chi connectivity index (χ3n) is 11.2. The van der Waals surface area contributed by atoms with E-state index >= 15 is 0 Å². The zero-order valence-corrected chi connectivity index (χ0v) is 30.5. The van der Waals surface area contributed by atoms with Gasteiger partial charge in [0, 0.05) is 49.1 Å². The molecule has 0 amide bonds. The summed E-state index contributed by atoms with van der Waals surface area (Å²) >= 11 is 0. The van der Waals surface area contributed by atoms with E-state index in [-0.39, 0.29) is 0 Å². The Morgan fingerprint density at radius 1 is 0.351 bits per heavy atom.